The van der Waals surface area contributed by atoms with Crippen molar-refractivity contribution in [1.82, 2.24) is 9.97 Å². The molecule has 0 spiro atoms. The van der Waals surface area contributed by atoms with Crippen LogP contribution < -0.4 is 9.80 Å². The second kappa shape index (κ2) is 5.59. The summed E-state index contributed by atoms with van der Waals surface area (Å²) in [6.45, 7) is 6.98. The van der Waals surface area contributed by atoms with Crippen molar-refractivity contribution >= 4 is 17.2 Å². The molecule has 3 aromatic rings. The standard InChI is InChI=1S/C25H26N4/c1-15-9-5-6-10-17(15)22-26-14-21-23(27-22)29-20-12-8-7-11-18(20)16(2)19-13-25(19,3)24(29)28(21)4/h5-12,14,16,19,24H,13H2,1-4H3. The third kappa shape index (κ3) is 2.14. The van der Waals surface area contributed by atoms with E-state index in [1.54, 1.807) is 0 Å². The average Bonchev–Trinajstić information content (AvgIpc) is 3.34. The molecule has 4 atom stereocenters. The first kappa shape index (κ1) is 17.0. The molecular weight excluding hydrogens is 356 g/mol. The Kier molecular flexibility index (Phi) is 3.28. The minimum Gasteiger partial charge on any atom is -0.349 e. The first-order valence-electron chi connectivity index (χ1n) is 10.5. The predicted octanol–water partition coefficient (Wildman–Crippen LogP) is 5.51. The van der Waals surface area contributed by atoms with Crippen LogP contribution in [0, 0.1) is 18.3 Å². The van der Waals surface area contributed by atoms with Gasteiger partial charge in [-0.2, -0.15) is 0 Å². The normalized spacial score (nSPS) is 28.9. The van der Waals surface area contributed by atoms with Crippen molar-refractivity contribution in [2.24, 2.45) is 11.3 Å². The molecule has 1 fully saturated rings. The molecule has 1 saturated carbocycles. The van der Waals surface area contributed by atoms with E-state index in [4.69, 9.17) is 9.97 Å². The van der Waals surface area contributed by atoms with Crippen molar-refractivity contribution in [2.45, 2.75) is 39.3 Å². The van der Waals surface area contributed by atoms with Crippen LogP contribution in [0.3, 0.4) is 0 Å². The van der Waals surface area contributed by atoms with E-state index in [1.807, 2.05) is 6.20 Å². The summed E-state index contributed by atoms with van der Waals surface area (Å²) in [6, 6.07) is 17.3. The molecule has 4 unspecified atom stereocenters. The number of hydrogen-bond donors (Lipinski definition) is 0. The van der Waals surface area contributed by atoms with Crippen molar-refractivity contribution in [1.29, 1.82) is 0 Å². The largest absolute Gasteiger partial charge is 0.349 e. The van der Waals surface area contributed by atoms with Crippen LogP contribution in [0.25, 0.3) is 11.4 Å². The third-order valence-electron chi connectivity index (χ3n) is 7.58. The maximum atomic E-state index is 5.14. The van der Waals surface area contributed by atoms with Gasteiger partial charge in [-0.05, 0) is 42.4 Å². The topological polar surface area (TPSA) is 32.3 Å². The van der Waals surface area contributed by atoms with Crippen molar-refractivity contribution in [2.75, 3.05) is 16.8 Å². The number of rotatable bonds is 1. The smallest absolute Gasteiger partial charge is 0.162 e. The highest BCUT2D eigenvalue weighted by Crippen LogP contribution is 2.68. The molecule has 6 rings (SSSR count). The minimum atomic E-state index is 0.261. The van der Waals surface area contributed by atoms with Gasteiger partial charge in [0, 0.05) is 23.7 Å². The van der Waals surface area contributed by atoms with E-state index in [9.17, 15) is 0 Å². The monoisotopic (exact) mass is 382 g/mol. The Morgan fingerprint density at radius 1 is 1.03 bits per heavy atom. The SMILES string of the molecule is Cc1ccccc1-c1ncc2c(n1)N1c3ccccc3C(C)C3CC3(C)C1N2C. The highest BCUT2D eigenvalue weighted by Gasteiger charge is 2.64. The number of aromatic nitrogens is 2. The van der Waals surface area contributed by atoms with Crippen LogP contribution in [0.5, 0.6) is 0 Å². The van der Waals surface area contributed by atoms with E-state index in [1.165, 1.54) is 23.2 Å². The number of para-hydroxylation sites is 1. The first-order chi connectivity index (χ1) is 14.0. The molecule has 0 N–H and O–H groups in total. The Hall–Kier alpha value is -2.88. The summed E-state index contributed by atoms with van der Waals surface area (Å²) in [5, 5.41) is 0. The zero-order valence-electron chi connectivity index (χ0n) is 17.4. The number of anilines is 3. The van der Waals surface area contributed by atoms with E-state index in [0.717, 1.165) is 22.9 Å². The van der Waals surface area contributed by atoms with Crippen LogP contribution in [0.2, 0.25) is 0 Å². The third-order valence-corrected chi connectivity index (χ3v) is 7.58. The number of hydrogen-bond acceptors (Lipinski definition) is 4. The van der Waals surface area contributed by atoms with Crippen LogP contribution in [-0.4, -0.2) is 23.2 Å². The van der Waals surface area contributed by atoms with Gasteiger partial charge in [-0.3, -0.25) is 0 Å². The van der Waals surface area contributed by atoms with Crippen molar-refractivity contribution in [3.8, 4) is 11.4 Å². The summed E-state index contributed by atoms with van der Waals surface area (Å²) in [5.41, 5.74) is 6.45. The van der Waals surface area contributed by atoms with Crippen molar-refractivity contribution < 1.29 is 0 Å². The van der Waals surface area contributed by atoms with E-state index in [0.29, 0.717) is 11.8 Å². The van der Waals surface area contributed by atoms with E-state index >= 15 is 0 Å². The Labute approximate surface area is 172 Å². The lowest BCUT2D eigenvalue weighted by Gasteiger charge is -2.35. The van der Waals surface area contributed by atoms with Gasteiger partial charge in [0.2, 0.25) is 0 Å². The highest BCUT2D eigenvalue weighted by atomic mass is 15.5. The van der Waals surface area contributed by atoms with Crippen molar-refractivity contribution in [3.05, 3.63) is 65.9 Å². The number of aryl methyl sites for hydroxylation is 1. The molecule has 3 heterocycles. The quantitative estimate of drug-likeness (QED) is 0.555. The van der Waals surface area contributed by atoms with Gasteiger partial charge in [0.15, 0.2) is 11.6 Å². The van der Waals surface area contributed by atoms with Gasteiger partial charge in [-0.1, -0.05) is 56.3 Å². The second-order valence-electron chi connectivity index (χ2n) is 9.24. The van der Waals surface area contributed by atoms with Gasteiger partial charge >= 0.3 is 0 Å². The van der Waals surface area contributed by atoms with E-state index in [2.05, 4.69) is 86.1 Å². The van der Waals surface area contributed by atoms with Gasteiger partial charge in [0.05, 0.1) is 6.20 Å². The Morgan fingerprint density at radius 3 is 2.62 bits per heavy atom. The Morgan fingerprint density at radius 2 is 1.79 bits per heavy atom. The summed E-state index contributed by atoms with van der Waals surface area (Å²) in [4.78, 5) is 14.8. The molecule has 3 aliphatic rings. The maximum absolute atomic E-state index is 5.14. The Bertz CT molecular complexity index is 1140. The molecule has 146 valence electrons. The summed E-state index contributed by atoms with van der Waals surface area (Å²) in [6.07, 6.45) is 3.57. The summed E-state index contributed by atoms with van der Waals surface area (Å²) in [5.74, 6) is 3.12. The summed E-state index contributed by atoms with van der Waals surface area (Å²) < 4.78 is 0. The van der Waals surface area contributed by atoms with Crippen LogP contribution in [-0.2, 0) is 0 Å². The fourth-order valence-corrected chi connectivity index (χ4v) is 5.92. The molecule has 0 radical (unpaired) electrons. The summed E-state index contributed by atoms with van der Waals surface area (Å²) >= 11 is 0. The lowest BCUT2D eigenvalue weighted by Crippen LogP contribution is -2.45. The fraction of sp³-hybridized carbons (Fsp3) is 0.360. The lowest BCUT2D eigenvalue weighted by molar-refractivity contribution is 0.387. The molecule has 4 heteroatoms. The second-order valence-corrected chi connectivity index (χ2v) is 9.24. The lowest BCUT2D eigenvalue weighted by atomic mass is 9.91. The van der Waals surface area contributed by atoms with Gasteiger partial charge in [0.25, 0.3) is 0 Å². The van der Waals surface area contributed by atoms with Gasteiger partial charge in [-0.25, -0.2) is 9.97 Å². The van der Waals surface area contributed by atoms with Gasteiger partial charge in [-0.15, -0.1) is 0 Å². The average molecular weight is 383 g/mol. The minimum absolute atomic E-state index is 0.261. The molecule has 2 aromatic carbocycles. The van der Waals surface area contributed by atoms with Crippen molar-refractivity contribution in [3.63, 3.8) is 0 Å². The number of benzene rings is 2. The zero-order chi connectivity index (χ0) is 19.9. The van der Waals surface area contributed by atoms with E-state index < -0.39 is 0 Å². The first-order valence-corrected chi connectivity index (χ1v) is 10.5. The predicted molar refractivity (Wildman–Crippen MR) is 118 cm³/mol. The molecule has 0 saturated heterocycles. The molecular formula is C25H26N4. The Balaban J connectivity index is 1.59. The fourth-order valence-electron chi connectivity index (χ4n) is 5.92. The summed E-state index contributed by atoms with van der Waals surface area (Å²) in [7, 11) is 2.21. The van der Waals surface area contributed by atoms with Gasteiger partial charge in [0.1, 0.15) is 11.9 Å². The molecule has 1 aliphatic carbocycles. The van der Waals surface area contributed by atoms with Gasteiger partial charge < -0.3 is 9.80 Å². The molecule has 0 bridgehead atoms. The van der Waals surface area contributed by atoms with Crippen LogP contribution in [0.15, 0.2) is 54.7 Å². The molecule has 2 aliphatic heterocycles. The molecule has 1 aromatic heterocycles. The zero-order valence-corrected chi connectivity index (χ0v) is 17.4. The molecule has 4 nitrogen and oxygen atoms in total. The van der Waals surface area contributed by atoms with E-state index in [-0.39, 0.29) is 11.6 Å². The number of nitrogens with zero attached hydrogens (tertiary/aromatic N) is 4. The molecule has 0 amide bonds. The molecule has 29 heavy (non-hydrogen) atoms. The van der Waals surface area contributed by atoms with Crippen LogP contribution in [0.4, 0.5) is 17.2 Å². The highest BCUT2D eigenvalue weighted by molar-refractivity contribution is 5.84. The van der Waals surface area contributed by atoms with Crippen LogP contribution in [0.1, 0.15) is 37.3 Å². The van der Waals surface area contributed by atoms with Crippen LogP contribution >= 0.6 is 0 Å². The maximum Gasteiger partial charge on any atom is 0.162 e. The number of fused-ring (bicyclic) bond motifs is 7.